The Morgan fingerprint density at radius 2 is 2.03 bits per heavy atom. The van der Waals surface area contributed by atoms with E-state index in [4.69, 9.17) is 24.8 Å². The smallest absolute Gasteiger partial charge is 0.363 e. The summed E-state index contributed by atoms with van der Waals surface area (Å²) in [6.45, 7) is 0.258. The van der Waals surface area contributed by atoms with Crippen molar-refractivity contribution >= 4 is 13.6 Å². The fourth-order valence-corrected chi connectivity index (χ4v) is 3.88. The van der Waals surface area contributed by atoms with Gasteiger partial charge in [0.2, 0.25) is 6.73 Å². The summed E-state index contributed by atoms with van der Waals surface area (Å²) in [5.41, 5.74) is 9.70. The minimum Gasteiger partial charge on any atom is -0.363 e. The van der Waals surface area contributed by atoms with Crippen molar-refractivity contribution in [3.63, 3.8) is 0 Å². The van der Waals surface area contributed by atoms with Gasteiger partial charge in [-0.3, -0.25) is 5.73 Å². The molecular formula is C24H28N4O6P+. The largest absolute Gasteiger partial charge is 0.472 e. The molecule has 1 aromatic carbocycles. The standard InChI is InChI=1S/C24H27N4O6P/c25-24-21(9-4-12-28(24)17-33-35(29,30)31)22-15-20(27-34-22)14-19-10-11-23(26-16-19)32-13-5-8-18-6-2-1-3-7-18/h1-4,6-7,9-12,15-16,23,25-26H,5,8,13-14,17H2,(H2,29,30,31)/p+1. The third-order valence-electron chi connectivity index (χ3n) is 5.36. The van der Waals surface area contributed by atoms with Crippen LogP contribution in [0.15, 0.2) is 83.2 Å². The van der Waals surface area contributed by atoms with E-state index in [0.717, 1.165) is 18.4 Å². The van der Waals surface area contributed by atoms with E-state index in [1.807, 2.05) is 36.6 Å². The van der Waals surface area contributed by atoms with Crippen molar-refractivity contribution in [1.29, 1.82) is 0 Å². The van der Waals surface area contributed by atoms with Crippen LogP contribution in [0, 0.1) is 0 Å². The van der Waals surface area contributed by atoms with Crippen molar-refractivity contribution < 1.29 is 32.7 Å². The van der Waals surface area contributed by atoms with Crippen LogP contribution in [0.1, 0.15) is 17.7 Å². The first-order valence-corrected chi connectivity index (χ1v) is 12.6. The highest BCUT2D eigenvalue weighted by molar-refractivity contribution is 7.46. The van der Waals surface area contributed by atoms with Crippen molar-refractivity contribution in [1.82, 2.24) is 10.5 Å². The van der Waals surface area contributed by atoms with E-state index in [1.165, 1.54) is 10.1 Å². The maximum Gasteiger partial charge on any atom is 0.472 e. The molecule has 0 fully saturated rings. The van der Waals surface area contributed by atoms with E-state index < -0.39 is 14.6 Å². The van der Waals surface area contributed by atoms with E-state index in [1.54, 1.807) is 24.4 Å². The van der Waals surface area contributed by atoms with Crippen LogP contribution in [-0.4, -0.2) is 27.8 Å². The molecule has 3 aromatic rings. The number of allylic oxidation sites excluding steroid dienone is 2. The number of dihydropyridines is 1. The summed E-state index contributed by atoms with van der Waals surface area (Å²) in [7, 11) is -4.62. The van der Waals surface area contributed by atoms with Crippen LogP contribution in [0.4, 0.5) is 5.82 Å². The van der Waals surface area contributed by atoms with Gasteiger partial charge in [0.1, 0.15) is 11.8 Å². The molecule has 0 spiro atoms. The first kappa shape index (κ1) is 24.8. The monoisotopic (exact) mass is 499 g/mol. The average molecular weight is 499 g/mol. The summed E-state index contributed by atoms with van der Waals surface area (Å²) in [6, 6.07) is 15.5. The second-order valence-corrected chi connectivity index (χ2v) is 9.25. The number of nitrogen functional groups attached to an aromatic ring is 1. The number of anilines is 1. The number of aromatic nitrogens is 2. The number of benzene rings is 1. The number of phosphoric ester groups is 1. The molecule has 0 radical (unpaired) electrons. The van der Waals surface area contributed by atoms with Gasteiger partial charge in [-0.15, -0.1) is 0 Å². The Balaban J connectivity index is 1.28. The lowest BCUT2D eigenvalue weighted by Crippen LogP contribution is -2.38. The van der Waals surface area contributed by atoms with Crippen molar-refractivity contribution in [2.24, 2.45) is 0 Å². The van der Waals surface area contributed by atoms with Gasteiger partial charge in [0.25, 0.3) is 5.82 Å². The highest BCUT2D eigenvalue weighted by Crippen LogP contribution is 2.35. The molecule has 1 aliphatic rings. The van der Waals surface area contributed by atoms with E-state index in [2.05, 4.69) is 27.1 Å². The molecule has 0 aliphatic carbocycles. The lowest BCUT2D eigenvalue weighted by atomic mass is 10.1. The Kier molecular flexibility index (Phi) is 8.12. The molecule has 1 atom stereocenters. The molecule has 1 unspecified atom stereocenters. The number of hydrogen-bond acceptors (Lipinski definition) is 7. The highest BCUT2D eigenvalue weighted by atomic mass is 31.2. The Morgan fingerprint density at radius 1 is 1.20 bits per heavy atom. The predicted molar refractivity (Wildman–Crippen MR) is 128 cm³/mol. The van der Waals surface area contributed by atoms with Gasteiger partial charge in [0, 0.05) is 25.3 Å². The summed E-state index contributed by atoms with van der Waals surface area (Å²) in [5.74, 6) is 0.672. The Morgan fingerprint density at radius 3 is 2.77 bits per heavy atom. The molecule has 2 aromatic heterocycles. The maximum absolute atomic E-state index is 11.0. The second-order valence-electron chi connectivity index (χ2n) is 8.01. The first-order chi connectivity index (χ1) is 16.9. The van der Waals surface area contributed by atoms with Gasteiger partial charge in [-0.25, -0.2) is 13.7 Å². The van der Waals surface area contributed by atoms with Gasteiger partial charge < -0.3 is 24.4 Å². The maximum atomic E-state index is 11.0. The molecule has 10 nitrogen and oxygen atoms in total. The van der Waals surface area contributed by atoms with Crippen molar-refractivity contribution in [3.05, 3.63) is 89.9 Å². The number of rotatable bonds is 11. The van der Waals surface area contributed by atoms with Crippen LogP contribution >= 0.6 is 7.82 Å². The van der Waals surface area contributed by atoms with Gasteiger partial charge in [-0.05, 0) is 42.2 Å². The van der Waals surface area contributed by atoms with E-state index in [0.29, 0.717) is 30.0 Å². The minimum atomic E-state index is -4.62. The van der Waals surface area contributed by atoms with Gasteiger partial charge in [0.15, 0.2) is 5.76 Å². The molecule has 3 heterocycles. The summed E-state index contributed by atoms with van der Waals surface area (Å²) >= 11 is 0. The van der Waals surface area contributed by atoms with Crippen LogP contribution in [0.3, 0.4) is 0 Å². The number of hydrogen-bond donors (Lipinski definition) is 4. The number of phosphoric acid groups is 1. The summed E-state index contributed by atoms with van der Waals surface area (Å²) < 4.78 is 28.2. The lowest BCUT2D eigenvalue weighted by molar-refractivity contribution is -0.711. The van der Waals surface area contributed by atoms with Crippen LogP contribution in [0.5, 0.6) is 0 Å². The molecule has 11 heteroatoms. The van der Waals surface area contributed by atoms with Gasteiger partial charge in [0.05, 0.1) is 11.9 Å². The third-order valence-corrected chi connectivity index (χ3v) is 5.81. The SMILES string of the molecule is Nc1c(-c2cc(CC3=CNC(OCCCc4ccccc4)C=C3)no2)ccc[n+]1COP(=O)(O)O. The molecule has 0 bridgehead atoms. The van der Waals surface area contributed by atoms with Crippen molar-refractivity contribution in [3.8, 4) is 11.3 Å². The van der Waals surface area contributed by atoms with E-state index in [-0.39, 0.29) is 12.0 Å². The summed E-state index contributed by atoms with van der Waals surface area (Å²) in [6.07, 6.45) is 9.72. The number of aryl methyl sites for hydroxylation is 1. The quantitative estimate of drug-likeness (QED) is 0.178. The fourth-order valence-electron chi connectivity index (χ4n) is 3.60. The molecule has 184 valence electrons. The zero-order valence-electron chi connectivity index (χ0n) is 19.0. The molecule has 4 rings (SSSR count). The average Bonchev–Trinajstić information content (AvgIpc) is 3.30. The molecule has 35 heavy (non-hydrogen) atoms. The summed E-state index contributed by atoms with van der Waals surface area (Å²) in [5, 5.41) is 7.36. The minimum absolute atomic E-state index is 0.169. The van der Waals surface area contributed by atoms with Gasteiger partial charge >= 0.3 is 7.82 Å². The molecule has 0 saturated carbocycles. The first-order valence-electron chi connectivity index (χ1n) is 11.1. The number of nitrogens with two attached hydrogens (primary N) is 1. The van der Waals surface area contributed by atoms with Gasteiger partial charge in [-0.1, -0.05) is 41.6 Å². The highest BCUT2D eigenvalue weighted by Gasteiger charge is 2.21. The Labute approximate surface area is 202 Å². The third kappa shape index (κ3) is 7.35. The van der Waals surface area contributed by atoms with Crippen LogP contribution in [-0.2, 0) is 33.4 Å². The van der Waals surface area contributed by atoms with Crippen molar-refractivity contribution in [2.75, 3.05) is 12.3 Å². The van der Waals surface area contributed by atoms with E-state index >= 15 is 0 Å². The molecule has 0 amide bonds. The molecular weight excluding hydrogens is 471 g/mol. The van der Waals surface area contributed by atoms with Gasteiger partial charge in [-0.2, -0.15) is 0 Å². The molecule has 1 aliphatic heterocycles. The summed E-state index contributed by atoms with van der Waals surface area (Å²) in [4.78, 5) is 17.8. The Hall–Kier alpha value is -3.27. The predicted octanol–water partition coefficient (Wildman–Crippen LogP) is 2.84. The number of nitrogens with one attached hydrogen (secondary N) is 1. The zero-order chi connectivity index (χ0) is 24.7. The Bertz CT molecular complexity index is 1240. The second kappa shape index (κ2) is 11.4. The molecule has 0 saturated heterocycles. The van der Waals surface area contributed by atoms with Crippen LogP contribution in [0.2, 0.25) is 0 Å². The topological polar surface area (TPSA) is 144 Å². The molecule has 5 N–H and O–H groups in total. The van der Waals surface area contributed by atoms with Crippen LogP contribution < -0.4 is 15.6 Å². The van der Waals surface area contributed by atoms with E-state index in [9.17, 15) is 4.57 Å². The zero-order valence-corrected chi connectivity index (χ0v) is 19.9. The number of ether oxygens (including phenoxy) is 1. The van der Waals surface area contributed by atoms with Crippen LogP contribution in [0.25, 0.3) is 11.3 Å². The normalized spacial score (nSPS) is 15.6. The van der Waals surface area contributed by atoms with Crippen molar-refractivity contribution in [2.45, 2.75) is 32.2 Å². The number of pyridine rings is 1. The fraction of sp³-hybridized carbons (Fsp3) is 0.250. The lowest BCUT2D eigenvalue weighted by Gasteiger charge is -2.19. The number of nitrogens with zero attached hydrogens (tertiary/aromatic N) is 2.